The summed E-state index contributed by atoms with van der Waals surface area (Å²) in [4.78, 5) is 13.5. The molecule has 0 saturated heterocycles. The van der Waals surface area contributed by atoms with Gasteiger partial charge in [-0.25, -0.2) is 0 Å². The highest BCUT2D eigenvalue weighted by molar-refractivity contribution is 7.98. The molecular weight excluding hydrogens is 504 g/mol. The highest BCUT2D eigenvalue weighted by Gasteiger charge is 2.25. The van der Waals surface area contributed by atoms with Gasteiger partial charge in [0.1, 0.15) is 5.75 Å². The van der Waals surface area contributed by atoms with Crippen LogP contribution in [0.4, 0.5) is 0 Å². The Morgan fingerprint density at radius 3 is 2.26 bits per heavy atom. The Morgan fingerprint density at radius 1 is 0.872 bits per heavy atom. The summed E-state index contributed by atoms with van der Waals surface area (Å²) >= 11 is 1.62. The Labute approximate surface area is 233 Å². The molecule has 196 valence electrons. The summed E-state index contributed by atoms with van der Waals surface area (Å²) in [5.74, 6) is 1.86. The maximum Gasteiger partial charge on any atom is 0.252 e. The van der Waals surface area contributed by atoms with Crippen LogP contribution in [0, 0.1) is 6.92 Å². The molecule has 1 atom stereocenters. The minimum Gasteiger partial charge on any atom is -0.497 e. The summed E-state index contributed by atoms with van der Waals surface area (Å²) in [6.07, 6.45) is 0.559. The zero-order valence-electron chi connectivity index (χ0n) is 22.0. The summed E-state index contributed by atoms with van der Waals surface area (Å²) in [7, 11) is 1.59. The minimum absolute atomic E-state index is 0.202. The van der Waals surface area contributed by atoms with Gasteiger partial charge in [0, 0.05) is 17.0 Å². The monoisotopic (exact) mass is 534 g/mol. The van der Waals surface area contributed by atoms with Gasteiger partial charge in [0.2, 0.25) is 0 Å². The van der Waals surface area contributed by atoms with Gasteiger partial charge in [-0.05, 0) is 54.8 Å². The van der Waals surface area contributed by atoms with Crippen molar-refractivity contribution in [1.82, 2.24) is 20.1 Å². The summed E-state index contributed by atoms with van der Waals surface area (Å²) in [6, 6.07) is 35.4. The first-order valence-electron chi connectivity index (χ1n) is 12.8. The van der Waals surface area contributed by atoms with E-state index in [0.29, 0.717) is 23.6 Å². The van der Waals surface area contributed by atoms with Crippen molar-refractivity contribution in [3.63, 3.8) is 0 Å². The Hall–Kier alpha value is -4.36. The van der Waals surface area contributed by atoms with Gasteiger partial charge in [0.05, 0.1) is 13.2 Å². The number of nitrogens with one attached hydrogen (secondary N) is 1. The number of thioether (sulfide) groups is 1. The van der Waals surface area contributed by atoms with E-state index in [9.17, 15) is 4.79 Å². The number of ether oxygens (including phenoxy) is 1. The van der Waals surface area contributed by atoms with Crippen LogP contribution in [-0.2, 0) is 12.2 Å². The summed E-state index contributed by atoms with van der Waals surface area (Å²) in [6.45, 7) is 2.06. The number of nitrogens with zero attached hydrogens (tertiary/aromatic N) is 3. The van der Waals surface area contributed by atoms with Crippen molar-refractivity contribution in [2.24, 2.45) is 0 Å². The average molecular weight is 535 g/mol. The van der Waals surface area contributed by atoms with E-state index >= 15 is 0 Å². The van der Waals surface area contributed by atoms with E-state index in [1.807, 2.05) is 48.5 Å². The molecule has 0 aliphatic heterocycles. The van der Waals surface area contributed by atoms with Gasteiger partial charge in [-0.2, -0.15) is 0 Å². The number of rotatable bonds is 10. The van der Waals surface area contributed by atoms with Gasteiger partial charge >= 0.3 is 0 Å². The normalized spacial score (nSPS) is 11.6. The topological polar surface area (TPSA) is 69.0 Å². The molecule has 39 heavy (non-hydrogen) atoms. The van der Waals surface area contributed by atoms with Crippen molar-refractivity contribution >= 4 is 17.7 Å². The van der Waals surface area contributed by atoms with E-state index in [1.165, 1.54) is 11.1 Å². The Morgan fingerprint density at radius 2 is 1.56 bits per heavy atom. The molecule has 5 aromatic rings. The second-order valence-electron chi connectivity index (χ2n) is 9.23. The Kier molecular flexibility index (Phi) is 8.39. The Balaban J connectivity index is 1.53. The number of methoxy groups -OCH3 is 1. The molecule has 0 fully saturated rings. The molecule has 1 amide bonds. The third-order valence-electron chi connectivity index (χ3n) is 6.39. The third-order valence-corrected chi connectivity index (χ3v) is 7.39. The van der Waals surface area contributed by atoms with E-state index < -0.39 is 6.04 Å². The van der Waals surface area contributed by atoms with Crippen LogP contribution in [0.2, 0.25) is 0 Å². The zero-order valence-corrected chi connectivity index (χ0v) is 22.8. The van der Waals surface area contributed by atoms with Crippen molar-refractivity contribution in [2.45, 2.75) is 30.3 Å². The first kappa shape index (κ1) is 26.3. The van der Waals surface area contributed by atoms with Gasteiger partial charge in [-0.3, -0.25) is 9.36 Å². The molecule has 4 aromatic carbocycles. The van der Waals surface area contributed by atoms with Gasteiger partial charge in [0.15, 0.2) is 11.0 Å². The van der Waals surface area contributed by atoms with Crippen LogP contribution < -0.4 is 10.1 Å². The molecule has 5 rings (SSSR count). The molecular formula is C32H30N4O2S. The fraction of sp³-hybridized carbons (Fsp3) is 0.156. The molecule has 6 nitrogen and oxygen atoms in total. The van der Waals surface area contributed by atoms with Crippen molar-refractivity contribution in [2.75, 3.05) is 7.11 Å². The zero-order chi connectivity index (χ0) is 27.0. The predicted molar refractivity (Wildman–Crippen MR) is 155 cm³/mol. The molecule has 0 aliphatic carbocycles. The maximum absolute atomic E-state index is 13.5. The molecule has 0 spiro atoms. The molecule has 7 heteroatoms. The second kappa shape index (κ2) is 12.5. The highest BCUT2D eigenvalue weighted by Crippen LogP contribution is 2.29. The van der Waals surface area contributed by atoms with Gasteiger partial charge in [-0.1, -0.05) is 96.2 Å². The Bertz CT molecular complexity index is 1520. The van der Waals surface area contributed by atoms with Gasteiger partial charge in [-0.15, -0.1) is 10.2 Å². The molecule has 0 aliphatic rings. The quantitative estimate of drug-likeness (QED) is 0.205. The molecule has 1 heterocycles. The lowest BCUT2D eigenvalue weighted by molar-refractivity contribution is 0.0934. The third kappa shape index (κ3) is 6.56. The van der Waals surface area contributed by atoms with Crippen molar-refractivity contribution in [1.29, 1.82) is 0 Å². The lowest BCUT2D eigenvalue weighted by Crippen LogP contribution is -2.32. The number of benzene rings is 4. The summed E-state index contributed by atoms with van der Waals surface area (Å²) in [5.41, 5.74) is 4.93. The van der Waals surface area contributed by atoms with Crippen LogP contribution in [0.3, 0.4) is 0 Å². The largest absolute Gasteiger partial charge is 0.497 e. The number of aromatic nitrogens is 3. The molecule has 1 N–H and O–H groups in total. The van der Waals surface area contributed by atoms with Crippen molar-refractivity contribution in [3.05, 3.63) is 137 Å². The number of amides is 1. The minimum atomic E-state index is -0.425. The number of aryl methyl sites for hydroxylation is 1. The van der Waals surface area contributed by atoms with E-state index in [1.54, 1.807) is 31.0 Å². The first-order valence-corrected chi connectivity index (χ1v) is 13.8. The second-order valence-corrected chi connectivity index (χ2v) is 10.2. The smallest absolute Gasteiger partial charge is 0.252 e. The summed E-state index contributed by atoms with van der Waals surface area (Å²) in [5, 5.41) is 13.3. The van der Waals surface area contributed by atoms with E-state index in [0.717, 1.165) is 22.2 Å². The maximum atomic E-state index is 13.5. The van der Waals surface area contributed by atoms with Crippen LogP contribution >= 0.6 is 11.8 Å². The summed E-state index contributed by atoms with van der Waals surface area (Å²) < 4.78 is 7.40. The average Bonchev–Trinajstić information content (AvgIpc) is 3.41. The van der Waals surface area contributed by atoms with Gasteiger partial charge in [0.25, 0.3) is 5.91 Å². The number of hydrogen-bond acceptors (Lipinski definition) is 5. The fourth-order valence-electron chi connectivity index (χ4n) is 4.32. The molecule has 0 saturated carbocycles. The van der Waals surface area contributed by atoms with Crippen LogP contribution in [0.5, 0.6) is 5.75 Å². The van der Waals surface area contributed by atoms with Crippen LogP contribution in [-0.4, -0.2) is 27.8 Å². The number of carbonyl (C=O) groups is 1. The SMILES string of the molecule is COc1cccc(C(=O)NC(Cc2ccccc2)c2nnc(SCc3ccccc3)n2-c2ccc(C)cc2)c1. The number of hydrogen-bond donors (Lipinski definition) is 1. The first-order chi connectivity index (χ1) is 19.1. The lowest BCUT2D eigenvalue weighted by atomic mass is 10.0. The molecule has 0 radical (unpaired) electrons. The van der Waals surface area contributed by atoms with Gasteiger partial charge < -0.3 is 10.1 Å². The van der Waals surface area contributed by atoms with Crippen LogP contribution in [0.1, 0.15) is 38.9 Å². The van der Waals surface area contributed by atoms with E-state index in [-0.39, 0.29) is 5.91 Å². The lowest BCUT2D eigenvalue weighted by Gasteiger charge is -2.20. The van der Waals surface area contributed by atoms with E-state index in [2.05, 4.69) is 75.5 Å². The predicted octanol–water partition coefficient (Wildman–Crippen LogP) is 6.59. The van der Waals surface area contributed by atoms with Crippen molar-refractivity contribution < 1.29 is 9.53 Å². The number of carbonyl (C=O) groups excluding carboxylic acids is 1. The molecule has 1 aromatic heterocycles. The standard InChI is InChI=1S/C32H30N4O2S/c1-23-16-18-27(19-17-23)36-30(34-35-32(36)39-22-25-12-7-4-8-13-25)29(20-24-10-5-3-6-11-24)33-31(37)26-14-9-15-28(21-26)38-2/h3-19,21,29H,20,22H2,1-2H3,(H,33,37). The van der Waals surface area contributed by atoms with Crippen LogP contribution in [0.15, 0.2) is 114 Å². The van der Waals surface area contributed by atoms with Crippen molar-refractivity contribution in [3.8, 4) is 11.4 Å². The molecule has 1 unspecified atom stereocenters. The fourth-order valence-corrected chi connectivity index (χ4v) is 5.24. The van der Waals surface area contributed by atoms with E-state index in [4.69, 9.17) is 4.74 Å². The van der Waals surface area contributed by atoms with Crippen LogP contribution in [0.25, 0.3) is 5.69 Å². The highest BCUT2D eigenvalue weighted by atomic mass is 32.2. The molecule has 0 bridgehead atoms.